The van der Waals surface area contributed by atoms with Gasteiger partial charge in [0.1, 0.15) is 6.10 Å². The third-order valence-corrected chi connectivity index (χ3v) is 4.48. The van der Waals surface area contributed by atoms with Crippen molar-refractivity contribution in [2.45, 2.75) is 31.4 Å². The molecular weight excluding hydrogens is 272 g/mol. The summed E-state index contributed by atoms with van der Waals surface area (Å²) in [5.74, 6) is 0.743. The maximum absolute atomic E-state index is 6.34. The molecule has 0 aliphatic carbocycles. The van der Waals surface area contributed by atoms with Gasteiger partial charge in [-0.25, -0.2) is 0 Å². The lowest BCUT2D eigenvalue weighted by Crippen LogP contribution is -2.45. The molecule has 0 unspecified atom stereocenters. The molecule has 22 heavy (non-hydrogen) atoms. The van der Waals surface area contributed by atoms with E-state index in [1.54, 1.807) is 0 Å². The molecule has 2 aromatic rings. The Morgan fingerprint density at radius 3 is 2.41 bits per heavy atom. The number of ether oxygens (including phenoxy) is 1. The van der Waals surface area contributed by atoms with E-state index in [2.05, 4.69) is 47.5 Å². The molecule has 3 heteroatoms. The van der Waals surface area contributed by atoms with Crippen LogP contribution in [0.15, 0.2) is 65.8 Å². The molecule has 3 nitrogen and oxygen atoms in total. The third kappa shape index (κ3) is 2.47. The van der Waals surface area contributed by atoms with E-state index in [0.717, 1.165) is 24.4 Å². The van der Waals surface area contributed by atoms with Crippen LogP contribution in [0, 0.1) is 0 Å². The van der Waals surface area contributed by atoms with Crippen LogP contribution in [0.25, 0.3) is 0 Å². The maximum Gasteiger partial charge on any atom is 0.238 e. The molecule has 0 spiro atoms. The number of hydrogen-bond donors (Lipinski definition) is 0. The average Bonchev–Trinajstić information content (AvgIpc) is 2.62. The van der Waals surface area contributed by atoms with Crippen LogP contribution in [0.5, 0.6) is 0 Å². The van der Waals surface area contributed by atoms with E-state index in [-0.39, 0.29) is 6.10 Å². The summed E-state index contributed by atoms with van der Waals surface area (Å²) in [7, 11) is 0. The third-order valence-electron chi connectivity index (χ3n) is 4.48. The number of hydrogen-bond acceptors (Lipinski definition) is 3. The molecular formula is C19H20N2O. The van der Waals surface area contributed by atoms with Crippen LogP contribution >= 0.6 is 0 Å². The van der Waals surface area contributed by atoms with E-state index in [1.165, 1.54) is 18.4 Å². The van der Waals surface area contributed by atoms with Gasteiger partial charge in [-0.2, -0.15) is 0 Å². The van der Waals surface area contributed by atoms with Crippen molar-refractivity contribution in [2.75, 3.05) is 6.54 Å². The Labute approximate surface area is 131 Å². The fourth-order valence-corrected chi connectivity index (χ4v) is 3.35. The SMILES string of the molecule is c1ccc(C2=NN3CCCC[C@@H]3[C@H](c3ccccc3)O2)cc1. The highest BCUT2D eigenvalue weighted by atomic mass is 16.5. The Morgan fingerprint density at radius 1 is 0.909 bits per heavy atom. The van der Waals surface area contributed by atoms with Gasteiger partial charge in [-0.1, -0.05) is 48.5 Å². The smallest absolute Gasteiger partial charge is 0.238 e. The van der Waals surface area contributed by atoms with Crippen molar-refractivity contribution in [1.29, 1.82) is 0 Å². The Morgan fingerprint density at radius 2 is 1.64 bits per heavy atom. The van der Waals surface area contributed by atoms with Crippen molar-refractivity contribution in [3.05, 3.63) is 71.8 Å². The van der Waals surface area contributed by atoms with Crippen molar-refractivity contribution in [1.82, 2.24) is 5.01 Å². The molecule has 0 bridgehead atoms. The van der Waals surface area contributed by atoms with Crippen molar-refractivity contribution in [3.63, 3.8) is 0 Å². The van der Waals surface area contributed by atoms with Gasteiger partial charge < -0.3 is 4.74 Å². The number of piperidine rings is 1. The highest BCUT2D eigenvalue weighted by molar-refractivity contribution is 5.94. The summed E-state index contributed by atoms with van der Waals surface area (Å²) >= 11 is 0. The summed E-state index contributed by atoms with van der Waals surface area (Å²) in [6.45, 7) is 1.02. The van der Waals surface area contributed by atoms with Crippen LogP contribution in [-0.4, -0.2) is 23.5 Å². The second kappa shape index (κ2) is 5.84. The normalized spacial score (nSPS) is 24.2. The molecule has 2 heterocycles. The van der Waals surface area contributed by atoms with Crippen LogP contribution in [0.3, 0.4) is 0 Å². The van der Waals surface area contributed by atoms with Gasteiger partial charge in [-0.05, 0) is 37.0 Å². The summed E-state index contributed by atoms with van der Waals surface area (Å²) in [5.41, 5.74) is 2.29. The number of hydrazone groups is 1. The lowest BCUT2D eigenvalue weighted by molar-refractivity contribution is 0.00624. The molecule has 0 aromatic heterocycles. The molecule has 0 amide bonds. The van der Waals surface area contributed by atoms with E-state index in [9.17, 15) is 0 Å². The maximum atomic E-state index is 6.34. The minimum Gasteiger partial charge on any atom is -0.466 e. The molecule has 2 aliphatic heterocycles. The predicted molar refractivity (Wildman–Crippen MR) is 87.6 cm³/mol. The standard InChI is InChI=1S/C19H20N2O/c1-3-9-15(10-4-1)18-17-13-7-8-14-21(17)20-19(22-18)16-11-5-2-6-12-16/h1-6,9-12,17-18H,7-8,13-14H2/t17-,18+/m1/s1. The van der Waals surface area contributed by atoms with Gasteiger partial charge in [0.2, 0.25) is 5.90 Å². The molecule has 0 N–H and O–H groups in total. The van der Waals surface area contributed by atoms with Crippen LogP contribution in [0.4, 0.5) is 0 Å². The Balaban J connectivity index is 1.72. The number of benzene rings is 2. The van der Waals surface area contributed by atoms with E-state index in [1.807, 2.05) is 18.2 Å². The summed E-state index contributed by atoms with van der Waals surface area (Å²) < 4.78 is 6.34. The molecule has 1 fully saturated rings. The molecule has 0 saturated carbocycles. The molecule has 2 aliphatic rings. The Bertz CT molecular complexity index is 654. The zero-order chi connectivity index (χ0) is 14.8. The minimum absolute atomic E-state index is 0.0641. The van der Waals surface area contributed by atoms with Gasteiger partial charge in [0.25, 0.3) is 0 Å². The van der Waals surface area contributed by atoms with Gasteiger partial charge in [0, 0.05) is 12.1 Å². The van der Waals surface area contributed by atoms with Crippen LogP contribution in [0.2, 0.25) is 0 Å². The fourth-order valence-electron chi connectivity index (χ4n) is 3.35. The highest BCUT2D eigenvalue weighted by Gasteiger charge is 2.36. The number of fused-ring (bicyclic) bond motifs is 1. The van der Waals surface area contributed by atoms with Gasteiger partial charge >= 0.3 is 0 Å². The molecule has 4 rings (SSSR count). The largest absolute Gasteiger partial charge is 0.466 e. The quantitative estimate of drug-likeness (QED) is 0.836. The van der Waals surface area contributed by atoms with Crippen molar-refractivity contribution in [2.24, 2.45) is 5.10 Å². The second-order valence-electron chi connectivity index (χ2n) is 5.95. The number of nitrogens with zero attached hydrogens (tertiary/aromatic N) is 2. The molecule has 2 aromatic carbocycles. The van der Waals surface area contributed by atoms with Gasteiger partial charge in [-0.15, -0.1) is 5.10 Å². The lowest BCUT2D eigenvalue weighted by atomic mass is 9.93. The van der Waals surface area contributed by atoms with E-state index < -0.39 is 0 Å². The first-order valence-corrected chi connectivity index (χ1v) is 8.04. The van der Waals surface area contributed by atoms with Crippen molar-refractivity contribution in [3.8, 4) is 0 Å². The topological polar surface area (TPSA) is 24.8 Å². The van der Waals surface area contributed by atoms with E-state index >= 15 is 0 Å². The molecule has 2 atom stereocenters. The van der Waals surface area contributed by atoms with Gasteiger partial charge in [0.05, 0.1) is 6.04 Å². The van der Waals surface area contributed by atoms with Crippen LogP contribution in [0.1, 0.15) is 36.5 Å². The van der Waals surface area contributed by atoms with Crippen LogP contribution in [-0.2, 0) is 4.74 Å². The first-order chi connectivity index (χ1) is 10.9. The predicted octanol–water partition coefficient (Wildman–Crippen LogP) is 3.97. The van der Waals surface area contributed by atoms with Crippen LogP contribution < -0.4 is 0 Å². The highest BCUT2D eigenvalue weighted by Crippen LogP contribution is 2.35. The minimum atomic E-state index is 0.0641. The van der Waals surface area contributed by atoms with Crippen molar-refractivity contribution >= 4 is 5.90 Å². The first-order valence-electron chi connectivity index (χ1n) is 8.04. The van der Waals surface area contributed by atoms with Gasteiger partial charge in [0.15, 0.2) is 0 Å². The molecule has 0 radical (unpaired) electrons. The zero-order valence-electron chi connectivity index (χ0n) is 12.6. The average molecular weight is 292 g/mol. The summed E-state index contributed by atoms with van der Waals surface area (Å²) in [6, 6.07) is 21.1. The summed E-state index contributed by atoms with van der Waals surface area (Å²) in [4.78, 5) is 0. The van der Waals surface area contributed by atoms with Gasteiger partial charge in [-0.3, -0.25) is 5.01 Å². The zero-order valence-corrected chi connectivity index (χ0v) is 12.6. The first kappa shape index (κ1) is 13.4. The fraction of sp³-hybridized carbons (Fsp3) is 0.316. The number of rotatable bonds is 2. The Hall–Kier alpha value is -2.29. The second-order valence-corrected chi connectivity index (χ2v) is 5.95. The molecule has 112 valence electrons. The van der Waals surface area contributed by atoms with E-state index in [0.29, 0.717) is 6.04 Å². The van der Waals surface area contributed by atoms with Crippen molar-refractivity contribution < 1.29 is 4.74 Å². The lowest BCUT2D eigenvalue weighted by Gasteiger charge is -2.42. The summed E-state index contributed by atoms with van der Waals surface area (Å²) in [6.07, 6.45) is 3.67. The molecule has 1 saturated heterocycles. The summed E-state index contributed by atoms with van der Waals surface area (Å²) in [5, 5.41) is 7.02. The van der Waals surface area contributed by atoms with E-state index in [4.69, 9.17) is 9.84 Å². The Kier molecular flexibility index (Phi) is 3.55. The monoisotopic (exact) mass is 292 g/mol.